The third-order valence-corrected chi connectivity index (χ3v) is 3.61. The molecule has 0 aliphatic carbocycles. The Morgan fingerprint density at radius 1 is 1.23 bits per heavy atom. The van der Waals surface area contributed by atoms with Gasteiger partial charge in [0.15, 0.2) is 0 Å². The van der Waals surface area contributed by atoms with Gasteiger partial charge in [-0.05, 0) is 36.3 Å². The second-order valence-electron chi connectivity index (χ2n) is 4.77. The zero-order chi connectivity index (χ0) is 10.3. The molecule has 1 atom stereocenters. The van der Waals surface area contributed by atoms with E-state index in [4.69, 9.17) is 0 Å². The number of hydrogen-bond acceptors (Lipinski definition) is 2. The zero-order valence-electron chi connectivity index (χ0n) is 9.01. The molecule has 0 saturated carbocycles. The molecule has 0 saturated heterocycles. The van der Waals surface area contributed by atoms with Crippen LogP contribution in [0.1, 0.15) is 38.1 Å². The molecular weight excluding hydrogens is 180 g/mol. The number of hydrogen-bond donors (Lipinski definition) is 1. The largest absolute Gasteiger partial charge is 0.385 e. The van der Waals surface area contributed by atoms with Crippen molar-refractivity contribution >= 4 is 11.3 Å². The summed E-state index contributed by atoms with van der Waals surface area (Å²) in [5, 5.41) is 12.4. The highest BCUT2D eigenvalue weighted by Crippen LogP contribution is 2.40. The Kier molecular flexibility index (Phi) is 2.56. The van der Waals surface area contributed by atoms with Crippen LogP contribution in [0.4, 0.5) is 0 Å². The Morgan fingerprint density at radius 3 is 2.08 bits per heavy atom. The summed E-state index contributed by atoms with van der Waals surface area (Å²) >= 11 is 1.69. The van der Waals surface area contributed by atoms with E-state index in [1.165, 1.54) is 4.88 Å². The molecule has 1 aromatic heterocycles. The third kappa shape index (κ3) is 1.94. The predicted molar refractivity (Wildman–Crippen MR) is 58.1 cm³/mol. The van der Waals surface area contributed by atoms with Crippen LogP contribution in [0.15, 0.2) is 11.4 Å². The summed E-state index contributed by atoms with van der Waals surface area (Å²) in [4.78, 5) is 1.25. The smallest absolute Gasteiger partial charge is 0.0924 e. The topological polar surface area (TPSA) is 20.2 Å². The van der Waals surface area contributed by atoms with Crippen molar-refractivity contribution in [3.8, 4) is 0 Å². The second kappa shape index (κ2) is 3.10. The molecule has 1 heterocycles. The van der Waals surface area contributed by atoms with E-state index in [0.29, 0.717) is 0 Å². The van der Waals surface area contributed by atoms with Crippen LogP contribution in [0, 0.1) is 12.3 Å². The van der Waals surface area contributed by atoms with Crippen LogP contribution in [0.5, 0.6) is 0 Å². The summed E-state index contributed by atoms with van der Waals surface area (Å²) < 4.78 is 0. The molecule has 2 heteroatoms. The van der Waals surface area contributed by atoms with Crippen LogP contribution in [-0.2, 0) is 5.60 Å². The van der Waals surface area contributed by atoms with E-state index in [9.17, 15) is 5.11 Å². The summed E-state index contributed by atoms with van der Waals surface area (Å²) in [6, 6.07) is 2.07. The molecule has 1 N–H and O–H groups in total. The monoisotopic (exact) mass is 198 g/mol. The van der Waals surface area contributed by atoms with Crippen LogP contribution in [0.2, 0.25) is 0 Å². The molecule has 0 radical (unpaired) electrons. The maximum Gasteiger partial charge on any atom is 0.0924 e. The van der Waals surface area contributed by atoms with E-state index in [1.54, 1.807) is 11.3 Å². The van der Waals surface area contributed by atoms with Crippen molar-refractivity contribution in [2.24, 2.45) is 5.41 Å². The summed E-state index contributed by atoms with van der Waals surface area (Å²) in [5.74, 6) is 0. The van der Waals surface area contributed by atoms with E-state index in [-0.39, 0.29) is 5.41 Å². The number of aryl methyl sites for hydroxylation is 1. The first-order valence-corrected chi connectivity index (χ1v) is 5.41. The molecule has 1 unspecified atom stereocenters. The van der Waals surface area contributed by atoms with Crippen LogP contribution < -0.4 is 0 Å². The molecule has 0 fully saturated rings. The standard InChI is InChI=1S/C11H18OS/c1-8-6-9(7-13-8)11(5,12)10(2,3)4/h6-7,12H,1-5H3. The molecule has 0 aromatic carbocycles. The first-order chi connectivity index (χ1) is 5.75. The molecule has 0 amide bonds. The van der Waals surface area contributed by atoms with Crippen LogP contribution in [0.3, 0.4) is 0 Å². The van der Waals surface area contributed by atoms with Gasteiger partial charge in [-0.3, -0.25) is 0 Å². The molecule has 74 valence electrons. The minimum atomic E-state index is -0.738. The quantitative estimate of drug-likeness (QED) is 0.734. The zero-order valence-corrected chi connectivity index (χ0v) is 9.83. The molecule has 0 aliphatic rings. The Hall–Kier alpha value is -0.340. The van der Waals surface area contributed by atoms with Gasteiger partial charge in [0.05, 0.1) is 5.60 Å². The van der Waals surface area contributed by atoms with Crippen LogP contribution >= 0.6 is 11.3 Å². The molecule has 1 nitrogen and oxygen atoms in total. The lowest BCUT2D eigenvalue weighted by Crippen LogP contribution is -2.36. The normalized spacial score (nSPS) is 17.1. The van der Waals surface area contributed by atoms with Crippen molar-refractivity contribution in [3.05, 3.63) is 21.9 Å². The maximum absolute atomic E-state index is 10.3. The van der Waals surface area contributed by atoms with Gasteiger partial charge < -0.3 is 5.11 Å². The van der Waals surface area contributed by atoms with Crippen molar-refractivity contribution < 1.29 is 5.11 Å². The van der Waals surface area contributed by atoms with Gasteiger partial charge in [-0.1, -0.05) is 20.8 Å². The van der Waals surface area contributed by atoms with E-state index in [2.05, 4.69) is 33.8 Å². The predicted octanol–water partition coefficient (Wildman–Crippen LogP) is 3.31. The fraction of sp³-hybridized carbons (Fsp3) is 0.636. The third-order valence-electron chi connectivity index (χ3n) is 2.75. The lowest BCUT2D eigenvalue weighted by molar-refractivity contribution is -0.0466. The lowest BCUT2D eigenvalue weighted by Gasteiger charge is -2.36. The van der Waals surface area contributed by atoms with Gasteiger partial charge in [-0.2, -0.15) is 0 Å². The Labute approximate surface area is 84.4 Å². The molecular formula is C11H18OS. The Morgan fingerprint density at radius 2 is 1.77 bits per heavy atom. The van der Waals surface area contributed by atoms with Gasteiger partial charge in [0.2, 0.25) is 0 Å². The minimum Gasteiger partial charge on any atom is -0.385 e. The minimum absolute atomic E-state index is 0.124. The van der Waals surface area contributed by atoms with Gasteiger partial charge in [-0.15, -0.1) is 11.3 Å². The summed E-state index contributed by atoms with van der Waals surface area (Å²) in [5.41, 5.74) is 0.167. The first kappa shape index (κ1) is 10.7. The summed E-state index contributed by atoms with van der Waals surface area (Å²) in [7, 11) is 0. The SMILES string of the molecule is Cc1cc(C(C)(O)C(C)(C)C)cs1. The molecule has 0 aliphatic heterocycles. The average Bonchev–Trinajstić information content (AvgIpc) is 2.33. The highest BCUT2D eigenvalue weighted by atomic mass is 32.1. The lowest BCUT2D eigenvalue weighted by atomic mass is 9.74. The van der Waals surface area contributed by atoms with Crippen molar-refractivity contribution in [2.45, 2.75) is 40.2 Å². The van der Waals surface area contributed by atoms with Gasteiger partial charge >= 0.3 is 0 Å². The highest BCUT2D eigenvalue weighted by Gasteiger charge is 2.37. The van der Waals surface area contributed by atoms with Crippen molar-refractivity contribution in [3.63, 3.8) is 0 Å². The highest BCUT2D eigenvalue weighted by molar-refractivity contribution is 7.10. The number of rotatable bonds is 1. The van der Waals surface area contributed by atoms with Crippen LogP contribution in [0.25, 0.3) is 0 Å². The van der Waals surface area contributed by atoms with Gasteiger partial charge in [0.25, 0.3) is 0 Å². The van der Waals surface area contributed by atoms with Crippen LogP contribution in [-0.4, -0.2) is 5.11 Å². The average molecular weight is 198 g/mol. The molecule has 1 rings (SSSR count). The fourth-order valence-electron chi connectivity index (χ4n) is 1.13. The molecule has 0 bridgehead atoms. The van der Waals surface area contributed by atoms with Crippen molar-refractivity contribution in [1.29, 1.82) is 0 Å². The first-order valence-electron chi connectivity index (χ1n) is 4.53. The van der Waals surface area contributed by atoms with E-state index in [1.807, 2.05) is 12.3 Å². The van der Waals surface area contributed by atoms with Crippen molar-refractivity contribution in [1.82, 2.24) is 0 Å². The van der Waals surface area contributed by atoms with Crippen molar-refractivity contribution in [2.75, 3.05) is 0 Å². The summed E-state index contributed by atoms with van der Waals surface area (Å²) in [6.07, 6.45) is 0. The van der Waals surface area contributed by atoms with Gasteiger partial charge in [-0.25, -0.2) is 0 Å². The number of thiophene rings is 1. The fourth-order valence-corrected chi connectivity index (χ4v) is 1.94. The number of aliphatic hydroxyl groups is 1. The molecule has 0 spiro atoms. The van der Waals surface area contributed by atoms with E-state index < -0.39 is 5.60 Å². The van der Waals surface area contributed by atoms with E-state index in [0.717, 1.165) is 5.56 Å². The van der Waals surface area contributed by atoms with Gasteiger partial charge in [0.1, 0.15) is 0 Å². The summed E-state index contributed by atoms with van der Waals surface area (Å²) in [6.45, 7) is 10.1. The Bertz CT molecular complexity index is 291. The Balaban J connectivity index is 3.07. The maximum atomic E-state index is 10.3. The van der Waals surface area contributed by atoms with E-state index >= 15 is 0 Å². The van der Waals surface area contributed by atoms with Gasteiger partial charge in [0, 0.05) is 4.88 Å². The molecule has 1 aromatic rings. The molecule has 13 heavy (non-hydrogen) atoms. The second-order valence-corrected chi connectivity index (χ2v) is 5.88.